The monoisotopic (exact) mass is 354 g/mol. The predicted molar refractivity (Wildman–Crippen MR) is 104 cm³/mol. The van der Waals surface area contributed by atoms with Gasteiger partial charge < -0.3 is 10.3 Å². The van der Waals surface area contributed by atoms with Crippen molar-refractivity contribution in [2.45, 2.75) is 33.6 Å². The van der Waals surface area contributed by atoms with Gasteiger partial charge >= 0.3 is 0 Å². The fraction of sp³-hybridized carbons (Fsp3) is 0.300. The van der Waals surface area contributed by atoms with E-state index in [-0.39, 0.29) is 22.6 Å². The van der Waals surface area contributed by atoms with E-state index in [9.17, 15) is 9.59 Å². The van der Waals surface area contributed by atoms with Gasteiger partial charge in [-0.3, -0.25) is 9.59 Å². The molecule has 1 aliphatic carbocycles. The van der Waals surface area contributed by atoms with Crippen LogP contribution in [0.2, 0.25) is 0 Å². The molecule has 0 atom stereocenters. The van der Waals surface area contributed by atoms with Gasteiger partial charge in [-0.1, -0.05) is 44.6 Å². The maximum absolute atomic E-state index is 12.5. The van der Waals surface area contributed by atoms with Gasteiger partial charge in [-0.25, -0.2) is 0 Å². The quantitative estimate of drug-likeness (QED) is 0.837. The van der Waals surface area contributed by atoms with Crippen molar-refractivity contribution in [2.75, 3.05) is 5.32 Å². The molecule has 0 bridgehead atoms. The third kappa shape index (κ3) is 3.99. The van der Waals surface area contributed by atoms with Gasteiger partial charge in [0.25, 0.3) is 11.5 Å². The van der Waals surface area contributed by atoms with E-state index < -0.39 is 0 Å². The highest BCUT2D eigenvalue weighted by Crippen LogP contribution is 2.33. The summed E-state index contributed by atoms with van der Waals surface area (Å²) in [4.78, 5) is 28.3. The smallest absolute Gasteiger partial charge is 0.271 e. The molecule has 0 unspecified atom stereocenters. The molecule has 1 aliphatic rings. The van der Waals surface area contributed by atoms with Crippen LogP contribution in [0, 0.1) is 5.41 Å². The molecule has 3 rings (SSSR count). The molecule has 2 aromatic heterocycles. The van der Waals surface area contributed by atoms with Crippen molar-refractivity contribution < 1.29 is 4.79 Å². The second-order valence-corrected chi connectivity index (χ2v) is 8.14. The van der Waals surface area contributed by atoms with Crippen LogP contribution in [0.4, 0.5) is 5.69 Å². The maximum Gasteiger partial charge on any atom is 0.271 e. The number of nitrogens with one attached hydrogen (secondary N) is 2. The average molecular weight is 354 g/mol. The number of anilines is 1. The van der Waals surface area contributed by atoms with E-state index in [1.165, 1.54) is 5.57 Å². The lowest BCUT2D eigenvalue weighted by molar-refractivity contribution is -0.113. The summed E-state index contributed by atoms with van der Waals surface area (Å²) >= 11 is 1.59. The van der Waals surface area contributed by atoms with Gasteiger partial charge in [0, 0.05) is 22.2 Å². The summed E-state index contributed by atoms with van der Waals surface area (Å²) in [6.07, 6.45) is 7.13. The third-order valence-electron chi connectivity index (χ3n) is 4.36. The van der Waals surface area contributed by atoms with Crippen LogP contribution < -0.4 is 10.9 Å². The van der Waals surface area contributed by atoms with E-state index >= 15 is 0 Å². The van der Waals surface area contributed by atoms with Crippen LogP contribution in [-0.4, -0.2) is 10.9 Å². The molecule has 2 N–H and O–H groups in total. The summed E-state index contributed by atoms with van der Waals surface area (Å²) in [6, 6.07) is 5.66. The number of thiophene rings is 1. The Labute approximate surface area is 151 Å². The first-order chi connectivity index (χ1) is 11.8. The van der Waals surface area contributed by atoms with Gasteiger partial charge in [0.2, 0.25) is 0 Å². The lowest BCUT2D eigenvalue weighted by Gasteiger charge is -2.25. The SMILES string of the molecule is CC(C)(C)C1=CC=C(C(=O)Nc2cc(-c3cccs3)c[nH]c2=O)CC1. The van der Waals surface area contributed by atoms with Crippen molar-refractivity contribution in [1.82, 2.24) is 4.98 Å². The Morgan fingerprint density at radius 2 is 2.04 bits per heavy atom. The van der Waals surface area contributed by atoms with Crippen LogP contribution in [0.15, 0.2) is 57.9 Å². The zero-order valence-corrected chi connectivity index (χ0v) is 15.5. The Morgan fingerprint density at radius 1 is 1.24 bits per heavy atom. The number of allylic oxidation sites excluding steroid dienone is 3. The highest BCUT2D eigenvalue weighted by molar-refractivity contribution is 7.13. The molecule has 0 saturated carbocycles. The Morgan fingerprint density at radius 3 is 2.64 bits per heavy atom. The number of carbonyl (C=O) groups is 1. The van der Waals surface area contributed by atoms with Crippen LogP contribution in [0.3, 0.4) is 0 Å². The van der Waals surface area contributed by atoms with Gasteiger partial charge in [-0.2, -0.15) is 0 Å². The van der Waals surface area contributed by atoms with E-state index in [4.69, 9.17) is 0 Å². The average Bonchev–Trinajstić information content (AvgIpc) is 3.10. The number of amides is 1. The number of hydrogen-bond donors (Lipinski definition) is 2. The minimum atomic E-state index is -0.295. The molecule has 2 aromatic rings. The fourth-order valence-corrected chi connectivity index (χ4v) is 3.53. The second-order valence-electron chi connectivity index (χ2n) is 7.20. The molecule has 0 radical (unpaired) electrons. The highest BCUT2D eigenvalue weighted by atomic mass is 32.1. The van der Waals surface area contributed by atoms with Gasteiger partial charge in [0.1, 0.15) is 5.69 Å². The maximum atomic E-state index is 12.5. The number of pyridine rings is 1. The third-order valence-corrected chi connectivity index (χ3v) is 5.28. The lowest BCUT2D eigenvalue weighted by atomic mass is 9.80. The zero-order chi connectivity index (χ0) is 18.0. The first-order valence-corrected chi connectivity index (χ1v) is 9.21. The van der Waals surface area contributed by atoms with Crippen molar-refractivity contribution in [3.05, 3.63) is 63.4 Å². The summed E-state index contributed by atoms with van der Waals surface area (Å²) in [6.45, 7) is 6.52. The number of hydrogen-bond acceptors (Lipinski definition) is 3. The van der Waals surface area contributed by atoms with E-state index in [0.29, 0.717) is 12.0 Å². The number of aromatic nitrogens is 1. The van der Waals surface area contributed by atoms with Crippen LogP contribution in [-0.2, 0) is 4.79 Å². The van der Waals surface area contributed by atoms with Crippen molar-refractivity contribution in [1.29, 1.82) is 0 Å². The summed E-state index contributed by atoms with van der Waals surface area (Å²) in [5.74, 6) is -0.210. The van der Waals surface area contributed by atoms with Crippen LogP contribution >= 0.6 is 11.3 Å². The fourth-order valence-electron chi connectivity index (χ4n) is 2.82. The Hall–Kier alpha value is -2.40. The van der Waals surface area contributed by atoms with Crippen molar-refractivity contribution >= 4 is 22.9 Å². The van der Waals surface area contributed by atoms with Crippen LogP contribution in [0.5, 0.6) is 0 Å². The molecule has 0 spiro atoms. The van der Waals surface area contributed by atoms with Gasteiger partial charge in [-0.05, 0) is 35.8 Å². The first kappa shape index (κ1) is 17.4. The number of aromatic amines is 1. The molecule has 2 heterocycles. The second kappa shape index (κ2) is 6.84. The number of rotatable bonds is 3. The number of H-pyrrole nitrogens is 1. The van der Waals surface area contributed by atoms with Crippen LogP contribution in [0.1, 0.15) is 33.6 Å². The first-order valence-electron chi connectivity index (χ1n) is 8.33. The molecule has 1 amide bonds. The molecule has 25 heavy (non-hydrogen) atoms. The lowest BCUT2D eigenvalue weighted by Crippen LogP contribution is -2.22. The number of carbonyl (C=O) groups excluding carboxylic acids is 1. The highest BCUT2D eigenvalue weighted by Gasteiger charge is 2.21. The molecule has 0 aliphatic heterocycles. The molecule has 130 valence electrons. The summed E-state index contributed by atoms with van der Waals surface area (Å²) in [5, 5.41) is 4.74. The summed E-state index contributed by atoms with van der Waals surface area (Å²) < 4.78 is 0. The molecule has 5 heteroatoms. The summed E-state index contributed by atoms with van der Waals surface area (Å²) in [5.41, 5.74) is 3.02. The molecular weight excluding hydrogens is 332 g/mol. The molecule has 0 saturated heterocycles. The largest absolute Gasteiger partial charge is 0.327 e. The van der Waals surface area contributed by atoms with E-state index in [2.05, 4.69) is 31.1 Å². The molecule has 4 nitrogen and oxygen atoms in total. The normalized spacial score (nSPS) is 14.7. The van der Waals surface area contributed by atoms with Gasteiger partial charge in [0.05, 0.1) is 0 Å². The van der Waals surface area contributed by atoms with Crippen LogP contribution in [0.25, 0.3) is 10.4 Å². The van der Waals surface area contributed by atoms with Crippen molar-refractivity contribution in [3.63, 3.8) is 0 Å². The minimum Gasteiger partial charge on any atom is -0.327 e. The summed E-state index contributed by atoms with van der Waals surface area (Å²) in [7, 11) is 0. The standard InChI is InChI=1S/C20H22N2O2S/c1-20(2,3)15-8-6-13(7-9-15)18(23)22-16-11-14(12-21-19(16)24)17-5-4-10-25-17/h4-6,8,10-12H,7,9H2,1-3H3,(H,21,24)(H,22,23). The molecule has 0 fully saturated rings. The molecular formula is C20H22N2O2S. The van der Waals surface area contributed by atoms with E-state index in [1.54, 1.807) is 23.6 Å². The Kier molecular flexibility index (Phi) is 4.77. The van der Waals surface area contributed by atoms with E-state index in [1.807, 2.05) is 29.7 Å². The minimum absolute atomic E-state index is 0.116. The van der Waals surface area contributed by atoms with Crippen molar-refractivity contribution in [3.8, 4) is 10.4 Å². The van der Waals surface area contributed by atoms with E-state index in [0.717, 1.165) is 16.9 Å². The van der Waals surface area contributed by atoms with Crippen molar-refractivity contribution in [2.24, 2.45) is 5.41 Å². The van der Waals surface area contributed by atoms with Gasteiger partial charge in [-0.15, -0.1) is 11.3 Å². The Bertz CT molecular complexity index is 897. The Balaban J connectivity index is 1.80. The topological polar surface area (TPSA) is 62.0 Å². The predicted octanol–water partition coefficient (Wildman–Crippen LogP) is 4.73. The zero-order valence-electron chi connectivity index (χ0n) is 14.7. The molecule has 0 aromatic carbocycles. The van der Waals surface area contributed by atoms with Gasteiger partial charge in [0.15, 0.2) is 0 Å².